The van der Waals surface area contributed by atoms with E-state index in [1.54, 1.807) is 0 Å². The first-order valence-electron chi connectivity index (χ1n) is 4.17. The van der Waals surface area contributed by atoms with E-state index < -0.39 is 12.2 Å². The van der Waals surface area contributed by atoms with E-state index in [0.29, 0.717) is 0 Å². The van der Waals surface area contributed by atoms with Crippen molar-refractivity contribution >= 4 is 12.2 Å². The Balaban J connectivity index is 3.84. The molecule has 0 rings (SSSR count). The third kappa shape index (κ3) is 6.14. The van der Waals surface area contributed by atoms with E-state index in [2.05, 4.69) is 28.1 Å². The highest BCUT2D eigenvalue weighted by atomic mass is 16.6. The Kier molecular flexibility index (Phi) is 6.45. The molecule has 6 nitrogen and oxygen atoms in total. The van der Waals surface area contributed by atoms with E-state index in [1.165, 1.54) is 19.2 Å². The molecule has 0 aliphatic heterocycles. The Hall–Kier alpha value is -1.98. The summed E-state index contributed by atoms with van der Waals surface area (Å²) in [6, 6.07) is 0. The minimum atomic E-state index is -0.757. The van der Waals surface area contributed by atoms with Crippen LogP contribution in [-0.4, -0.2) is 37.5 Å². The average Bonchev–Trinajstić information content (AvgIpc) is 2.22. The van der Waals surface area contributed by atoms with Gasteiger partial charge in [0, 0.05) is 7.05 Å². The van der Waals surface area contributed by atoms with Gasteiger partial charge in [-0.3, -0.25) is 0 Å². The zero-order valence-corrected chi connectivity index (χ0v) is 8.56. The smallest absolute Gasteiger partial charge is 0.428 e. The number of amides is 2. The monoisotopic (exact) mass is 214 g/mol. The third-order valence-corrected chi connectivity index (χ3v) is 1.19. The van der Waals surface area contributed by atoms with E-state index in [4.69, 9.17) is 0 Å². The Morgan fingerprint density at radius 1 is 1.27 bits per heavy atom. The number of rotatable bonds is 4. The minimum Gasteiger partial charge on any atom is -0.444 e. The molecule has 2 amide bonds. The molecule has 15 heavy (non-hydrogen) atoms. The van der Waals surface area contributed by atoms with Crippen molar-refractivity contribution in [3.63, 3.8) is 0 Å². The van der Waals surface area contributed by atoms with Gasteiger partial charge in [0.2, 0.25) is 0 Å². The lowest BCUT2D eigenvalue weighted by atomic mass is 10.7. The highest BCUT2D eigenvalue weighted by Crippen LogP contribution is 1.88. The van der Waals surface area contributed by atoms with Gasteiger partial charge in [0.05, 0.1) is 0 Å². The number of carbonyl (C=O) groups is 2. The fourth-order valence-electron chi connectivity index (χ4n) is 0.577. The Bertz CT molecular complexity index is 252. The summed E-state index contributed by atoms with van der Waals surface area (Å²) < 4.78 is 9.22. The molecular formula is C9H14N2O4. The first kappa shape index (κ1) is 13.0. The molecule has 0 aliphatic carbocycles. The number of hydrazine groups is 1. The highest BCUT2D eigenvalue weighted by molar-refractivity contribution is 5.73. The maximum absolute atomic E-state index is 11.1. The maximum Gasteiger partial charge on any atom is 0.428 e. The SMILES string of the molecule is C=CCOC(=O)NN(C)C(=O)OCC=C. The van der Waals surface area contributed by atoms with Gasteiger partial charge in [-0.25, -0.2) is 20.0 Å². The number of carbonyl (C=O) groups excluding carboxylic acids is 2. The van der Waals surface area contributed by atoms with Crippen molar-refractivity contribution in [2.75, 3.05) is 20.3 Å². The summed E-state index contributed by atoms with van der Waals surface area (Å²) in [7, 11) is 1.33. The quantitative estimate of drug-likeness (QED) is 0.561. The first-order valence-corrected chi connectivity index (χ1v) is 4.17. The normalized spacial score (nSPS) is 8.60. The molecule has 0 aliphatic rings. The van der Waals surface area contributed by atoms with E-state index in [9.17, 15) is 9.59 Å². The van der Waals surface area contributed by atoms with Crippen LogP contribution in [0.3, 0.4) is 0 Å². The summed E-state index contributed by atoms with van der Waals surface area (Å²) >= 11 is 0. The second-order valence-corrected chi connectivity index (χ2v) is 2.42. The van der Waals surface area contributed by atoms with Gasteiger partial charge >= 0.3 is 12.2 Å². The van der Waals surface area contributed by atoms with E-state index in [0.717, 1.165) is 5.01 Å². The lowest BCUT2D eigenvalue weighted by Crippen LogP contribution is -2.43. The number of ether oxygens (including phenoxy) is 2. The molecule has 84 valence electrons. The summed E-state index contributed by atoms with van der Waals surface area (Å²) in [4.78, 5) is 22.0. The molecule has 0 spiro atoms. The van der Waals surface area contributed by atoms with Crippen LogP contribution >= 0.6 is 0 Å². The number of nitrogens with one attached hydrogen (secondary N) is 1. The molecule has 0 heterocycles. The summed E-state index contributed by atoms with van der Waals surface area (Å²) in [5.74, 6) is 0. The lowest BCUT2D eigenvalue weighted by Gasteiger charge is -2.16. The van der Waals surface area contributed by atoms with E-state index in [1.807, 2.05) is 0 Å². The van der Waals surface area contributed by atoms with Gasteiger partial charge in [-0.05, 0) is 0 Å². The van der Waals surface area contributed by atoms with E-state index in [-0.39, 0.29) is 13.2 Å². The van der Waals surface area contributed by atoms with Crippen LogP contribution in [0, 0.1) is 0 Å². The minimum absolute atomic E-state index is 0.0708. The summed E-state index contributed by atoms with van der Waals surface area (Å²) in [5.41, 5.74) is 2.14. The third-order valence-electron chi connectivity index (χ3n) is 1.19. The maximum atomic E-state index is 11.1. The Morgan fingerprint density at radius 2 is 1.80 bits per heavy atom. The first-order chi connectivity index (χ1) is 7.11. The van der Waals surface area contributed by atoms with Crippen molar-refractivity contribution < 1.29 is 19.1 Å². The Labute approximate surface area is 88.1 Å². The fourth-order valence-corrected chi connectivity index (χ4v) is 0.577. The van der Waals surface area contributed by atoms with Crippen molar-refractivity contribution in [1.82, 2.24) is 10.4 Å². The van der Waals surface area contributed by atoms with Crippen molar-refractivity contribution in [3.8, 4) is 0 Å². The van der Waals surface area contributed by atoms with Crippen molar-refractivity contribution in [1.29, 1.82) is 0 Å². The molecule has 0 saturated carbocycles. The molecule has 0 aromatic carbocycles. The van der Waals surface area contributed by atoms with Crippen LogP contribution in [0.5, 0.6) is 0 Å². The fraction of sp³-hybridized carbons (Fsp3) is 0.333. The van der Waals surface area contributed by atoms with Crippen LogP contribution < -0.4 is 5.43 Å². The predicted octanol–water partition coefficient (Wildman–Crippen LogP) is 1.07. The van der Waals surface area contributed by atoms with Crippen LogP contribution in [0.1, 0.15) is 0 Å². The molecule has 0 aromatic rings. The van der Waals surface area contributed by atoms with Crippen LogP contribution in [0.15, 0.2) is 25.3 Å². The van der Waals surface area contributed by atoms with Gasteiger partial charge < -0.3 is 9.47 Å². The molecule has 0 aromatic heterocycles. The van der Waals surface area contributed by atoms with Gasteiger partial charge in [-0.2, -0.15) is 0 Å². The second-order valence-electron chi connectivity index (χ2n) is 2.42. The Morgan fingerprint density at radius 3 is 2.33 bits per heavy atom. The van der Waals surface area contributed by atoms with Crippen molar-refractivity contribution in [2.24, 2.45) is 0 Å². The highest BCUT2D eigenvalue weighted by Gasteiger charge is 2.12. The second kappa shape index (κ2) is 7.43. The zero-order chi connectivity index (χ0) is 11.7. The number of hydrogen-bond acceptors (Lipinski definition) is 4. The zero-order valence-electron chi connectivity index (χ0n) is 8.56. The van der Waals surface area contributed by atoms with Crippen molar-refractivity contribution in [2.45, 2.75) is 0 Å². The summed E-state index contributed by atoms with van der Waals surface area (Å²) in [5, 5.41) is 0.870. The molecular weight excluding hydrogens is 200 g/mol. The van der Waals surface area contributed by atoms with Gasteiger partial charge in [0.25, 0.3) is 0 Å². The molecule has 6 heteroatoms. The molecule has 0 fully saturated rings. The standard InChI is InChI=1S/C9H14N2O4/c1-4-6-14-8(12)10-11(3)9(13)15-7-5-2/h4-5H,1-2,6-7H2,3H3,(H,10,12). The molecule has 0 atom stereocenters. The largest absolute Gasteiger partial charge is 0.444 e. The van der Waals surface area contributed by atoms with Crippen LogP contribution in [0.4, 0.5) is 9.59 Å². The van der Waals surface area contributed by atoms with Crippen LogP contribution in [-0.2, 0) is 9.47 Å². The molecule has 1 N–H and O–H groups in total. The lowest BCUT2D eigenvalue weighted by molar-refractivity contribution is 0.0899. The number of hydrogen-bond donors (Lipinski definition) is 1. The molecule has 0 unspecified atom stereocenters. The molecule has 0 saturated heterocycles. The number of nitrogens with zero attached hydrogens (tertiary/aromatic N) is 1. The molecule has 0 radical (unpaired) electrons. The van der Waals surface area contributed by atoms with Crippen LogP contribution in [0.25, 0.3) is 0 Å². The van der Waals surface area contributed by atoms with Gasteiger partial charge in [0.1, 0.15) is 13.2 Å². The van der Waals surface area contributed by atoms with Gasteiger partial charge in [-0.1, -0.05) is 25.3 Å². The summed E-state index contributed by atoms with van der Waals surface area (Å²) in [6.07, 6.45) is 1.37. The topological polar surface area (TPSA) is 67.9 Å². The van der Waals surface area contributed by atoms with Crippen molar-refractivity contribution in [3.05, 3.63) is 25.3 Å². The predicted molar refractivity (Wildman–Crippen MR) is 54.0 cm³/mol. The molecule has 0 bridgehead atoms. The van der Waals surface area contributed by atoms with Gasteiger partial charge in [0.15, 0.2) is 0 Å². The van der Waals surface area contributed by atoms with Crippen LogP contribution in [0.2, 0.25) is 0 Å². The average molecular weight is 214 g/mol. The van der Waals surface area contributed by atoms with E-state index >= 15 is 0 Å². The summed E-state index contributed by atoms with van der Waals surface area (Å²) in [6.45, 7) is 6.89. The van der Waals surface area contributed by atoms with Gasteiger partial charge in [-0.15, -0.1) is 0 Å².